The molecule has 0 amide bonds. The Morgan fingerprint density at radius 2 is 1.90 bits per heavy atom. The number of aromatic nitrogens is 4. The first-order valence-electron chi connectivity index (χ1n) is 11.4. The van der Waals surface area contributed by atoms with Crippen molar-refractivity contribution in [2.45, 2.75) is 51.0 Å². The second kappa shape index (κ2) is 8.89. The summed E-state index contributed by atoms with van der Waals surface area (Å²) in [5.74, 6) is 1.34. The van der Waals surface area contributed by atoms with Crippen LogP contribution < -0.4 is 9.64 Å². The monoisotopic (exact) mass is 412 g/mol. The summed E-state index contributed by atoms with van der Waals surface area (Å²) >= 11 is 0. The molecule has 162 valence electrons. The molecule has 2 aromatic rings. The molecular formula is C22H32N6O2. The first-order chi connectivity index (χ1) is 14.8. The lowest BCUT2D eigenvalue weighted by atomic mass is 9.82. The van der Waals surface area contributed by atoms with Gasteiger partial charge in [0.2, 0.25) is 0 Å². The van der Waals surface area contributed by atoms with Gasteiger partial charge < -0.3 is 14.4 Å². The van der Waals surface area contributed by atoms with Gasteiger partial charge in [-0.3, -0.25) is 4.90 Å². The summed E-state index contributed by atoms with van der Waals surface area (Å²) in [5, 5.41) is 4.99. The molecule has 3 aliphatic rings. The molecule has 2 saturated heterocycles. The fraction of sp³-hybridized carbons (Fsp3) is 0.682. The highest BCUT2D eigenvalue weighted by molar-refractivity contribution is 5.53. The van der Waals surface area contributed by atoms with Crippen LogP contribution in [0.4, 0.5) is 5.69 Å². The van der Waals surface area contributed by atoms with Crippen LogP contribution in [0.15, 0.2) is 18.5 Å². The number of nitrogens with zero attached hydrogens (tertiary/aromatic N) is 6. The predicted molar refractivity (Wildman–Crippen MR) is 115 cm³/mol. The van der Waals surface area contributed by atoms with E-state index in [0.29, 0.717) is 24.6 Å². The number of rotatable bonds is 6. The molecule has 0 unspecified atom stereocenters. The van der Waals surface area contributed by atoms with Crippen LogP contribution in [-0.4, -0.2) is 76.7 Å². The van der Waals surface area contributed by atoms with Crippen LogP contribution in [0.2, 0.25) is 0 Å². The van der Waals surface area contributed by atoms with Crippen LogP contribution in [0.1, 0.15) is 50.6 Å². The van der Waals surface area contributed by atoms with Crippen molar-refractivity contribution >= 4 is 5.69 Å². The van der Waals surface area contributed by atoms with E-state index in [0.717, 1.165) is 45.2 Å². The molecule has 8 heteroatoms. The van der Waals surface area contributed by atoms with Crippen LogP contribution in [-0.2, 0) is 4.74 Å². The van der Waals surface area contributed by atoms with Gasteiger partial charge in [-0.1, -0.05) is 6.42 Å². The van der Waals surface area contributed by atoms with E-state index >= 15 is 0 Å². The second-order valence-corrected chi connectivity index (χ2v) is 8.47. The fourth-order valence-electron chi connectivity index (χ4n) is 4.78. The topological polar surface area (TPSA) is 68.5 Å². The van der Waals surface area contributed by atoms with Crippen molar-refractivity contribution in [1.29, 1.82) is 0 Å². The Morgan fingerprint density at radius 1 is 1.10 bits per heavy atom. The highest BCUT2D eigenvalue weighted by Crippen LogP contribution is 2.41. The summed E-state index contributed by atoms with van der Waals surface area (Å²) in [4.78, 5) is 13.9. The molecule has 0 N–H and O–H groups in total. The van der Waals surface area contributed by atoms with Gasteiger partial charge in [-0.05, 0) is 32.6 Å². The summed E-state index contributed by atoms with van der Waals surface area (Å²) in [6.45, 7) is 8.57. The standard InChI is InChI=1S/C22H32N6O2/c1-2-30-22-23-9-6-20(24-22)28-16-19(21(25-28)17-4-3-5-17)27-10-7-18(8-11-27)26-12-14-29-15-13-26/h6,9,16-18H,2-5,7-8,10-15H2,1H3. The van der Waals surface area contributed by atoms with Crippen molar-refractivity contribution in [2.75, 3.05) is 50.9 Å². The third-order valence-electron chi connectivity index (χ3n) is 6.71. The van der Waals surface area contributed by atoms with E-state index in [4.69, 9.17) is 14.6 Å². The van der Waals surface area contributed by atoms with Crippen LogP contribution in [0.5, 0.6) is 6.01 Å². The molecule has 2 aliphatic heterocycles. The number of piperidine rings is 1. The Balaban J connectivity index is 1.35. The van der Waals surface area contributed by atoms with Crippen molar-refractivity contribution in [3.8, 4) is 11.8 Å². The number of hydrogen-bond donors (Lipinski definition) is 0. The molecule has 0 bridgehead atoms. The molecule has 2 aromatic heterocycles. The third kappa shape index (κ3) is 4.03. The molecule has 1 aliphatic carbocycles. The van der Waals surface area contributed by atoms with Gasteiger partial charge >= 0.3 is 6.01 Å². The molecule has 5 rings (SSSR count). The maximum atomic E-state index is 5.53. The van der Waals surface area contributed by atoms with Crippen molar-refractivity contribution < 1.29 is 9.47 Å². The minimum Gasteiger partial charge on any atom is -0.464 e. The van der Waals surface area contributed by atoms with Crippen LogP contribution in [0.3, 0.4) is 0 Å². The van der Waals surface area contributed by atoms with Gasteiger partial charge in [-0.15, -0.1) is 0 Å². The summed E-state index contributed by atoms with van der Waals surface area (Å²) < 4.78 is 12.9. The molecule has 0 spiro atoms. The largest absolute Gasteiger partial charge is 0.464 e. The lowest BCUT2D eigenvalue weighted by Crippen LogP contribution is -2.49. The summed E-state index contributed by atoms with van der Waals surface area (Å²) in [7, 11) is 0. The van der Waals surface area contributed by atoms with E-state index in [1.54, 1.807) is 6.20 Å². The molecule has 0 atom stereocenters. The van der Waals surface area contributed by atoms with Gasteiger partial charge in [0, 0.05) is 50.4 Å². The Hall–Kier alpha value is -2.19. The summed E-state index contributed by atoms with van der Waals surface area (Å²) in [5.41, 5.74) is 2.53. The third-order valence-corrected chi connectivity index (χ3v) is 6.71. The van der Waals surface area contributed by atoms with E-state index in [2.05, 4.69) is 26.0 Å². The van der Waals surface area contributed by atoms with E-state index in [1.165, 1.54) is 43.5 Å². The number of anilines is 1. The van der Waals surface area contributed by atoms with Crippen molar-refractivity contribution in [3.05, 3.63) is 24.2 Å². The van der Waals surface area contributed by atoms with Gasteiger partial charge in [-0.2, -0.15) is 10.1 Å². The summed E-state index contributed by atoms with van der Waals surface area (Å²) in [6, 6.07) is 2.99. The normalized spacial score (nSPS) is 21.6. The lowest BCUT2D eigenvalue weighted by molar-refractivity contribution is 0.0115. The molecule has 30 heavy (non-hydrogen) atoms. The number of morpholine rings is 1. The number of hydrogen-bond acceptors (Lipinski definition) is 7. The van der Waals surface area contributed by atoms with E-state index in [1.807, 2.05) is 17.7 Å². The Morgan fingerprint density at radius 3 is 2.60 bits per heavy atom. The molecular weight excluding hydrogens is 380 g/mol. The smallest absolute Gasteiger partial charge is 0.318 e. The average molecular weight is 413 g/mol. The van der Waals surface area contributed by atoms with Crippen LogP contribution >= 0.6 is 0 Å². The SMILES string of the molecule is CCOc1nccc(-n2cc(N3CCC(N4CCOCC4)CC3)c(C3CCC3)n2)n1. The van der Waals surface area contributed by atoms with E-state index in [-0.39, 0.29) is 0 Å². The lowest BCUT2D eigenvalue weighted by Gasteiger charge is -2.41. The first kappa shape index (κ1) is 19.8. The molecule has 1 saturated carbocycles. The Kier molecular flexibility index (Phi) is 5.86. The highest BCUT2D eigenvalue weighted by atomic mass is 16.5. The van der Waals surface area contributed by atoms with Gasteiger partial charge in [0.05, 0.1) is 37.4 Å². The van der Waals surface area contributed by atoms with Crippen molar-refractivity contribution in [2.24, 2.45) is 0 Å². The Labute approximate surface area is 178 Å². The van der Waals surface area contributed by atoms with Gasteiger partial charge in [0.15, 0.2) is 5.82 Å². The Bertz CT molecular complexity index is 838. The number of ether oxygens (including phenoxy) is 2. The minimum absolute atomic E-state index is 0.406. The van der Waals surface area contributed by atoms with Gasteiger partial charge in [0.25, 0.3) is 0 Å². The molecule has 8 nitrogen and oxygen atoms in total. The average Bonchev–Trinajstić information content (AvgIpc) is 3.18. The maximum Gasteiger partial charge on any atom is 0.318 e. The van der Waals surface area contributed by atoms with Gasteiger partial charge in [0.1, 0.15) is 0 Å². The van der Waals surface area contributed by atoms with E-state index < -0.39 is 0 Å². The van der Waals surface area contributed by atoms with Crippen LogP contribution in [0.25, 0.3) is 5.82 Å². The quantitative estimate of drug-likeness (QED) is 0.722. The van der Waals surface area contributed by atoms with E-state index in [9.17, 15) is 0 Å². The fourth-order valence-corrected chi connectivity index (χ4v) is 4.78. The molecule has 4 heterocycles. The second-order valence-electron chi connectivity index (χ2n) is 8.47. The zero-order chi connectivity index (χ0) is 20.3. The minimum atomic E-state index is 0.406. The zero-order valence-electron chi connectivity index (χ0n) is 17.9. The van der Waals surface area contributed by atoms with Crippen molar-refractivity contribution in [1.82, 2.24) is 24.6 Å². The highest BCUT2D eigenvalue weighted by Gasteiger charge is 2.31. The maximum absolute atomic E-state index is 5.53. The predicted octanol–water partition coefficient (Wildman–Crippen LogP) is 2.63. The molecule has 3 fully saturated rings. The first-order valence-corrected chi connectivity index (χ1v) is 11.4. The summed E-state index contributed by atoms with van der Waals surface area (Å²) in [6.07, 6.45) is 10.1. The van der Waals surface area contributed by atoms with Crippen molar-refractivity contribution in [3.63, 3.8) is 0 Å². The molecule has 0 radical (unpaired) electrons. The molecule has 0 aromatic carbocycles. The van der Waals surface area contributed by atoms with Crippen LogP contribution in [0, 0.1) is 0 Å². The zero-order valence-corrected chi connectivity index (χ0v) is 17.9. The van der Waals surface area contributed by atoms with Gasteiger partial charge in [-0.25, -0.2) is 9.67 Å².